The van der Waals surface area contributed by atoms with Crippen LogP contribution in [0, 0.1) is 0 Å². The summed E-state index contributed by atoms with van der Waals surface area (Å²) in [5.74, 6) is 3.31. The largest absolute Gasteiger partial charge is 0.493 e. The fourth-order valence-electron chi connectivity index (χ4n) is 4.09. The van der Waals surface area contributed by atoms with Gasteiger partial charge in [0.2, 0.25) is 5.95 Å². The number of nitrogens with zero attached hydrogens (tertiary/aromatic N) is 4. The summed E-state index contributed by atoms with van der Waals surface area (Å²) in [7, 11) is 5.68. The fraction of sp³-hybridized carbons (Fsp3) is 0.619. The molecule has 1 aromatic carbocycles. The number of fused-ring (bicyclic) bond motifs is 1. The highest BCUT2D eigenvalue weighted by Crippen LogP contribution is 2.38. The fourth-order valence-corrected chi connectivity index (χ4v) is 4.09. The Bertz CT molecular complexity index is 796. The molecule has 2 aromatic rings. The van der Waals surface area contributed by atoms with E-state index >= 15 is 0 Å². The van der Waals surface area contributed by atoms with Crippen LogP contribution in [0.2, 0.25) is 0 Å². The SMILES string of the molecule is COc1cc2c(N3CCCCC3)nc(N(C)C)nc2cc1OC1CCCC1. The van der Waals surface area contributed by atoms with Crippen molar-refractivity contribution >= 4 is 22.7 Å². The van der Waals surface area contributed by atoms with Crippen LogP contribution < -0.4 is 19.3 Å². The molecule has 1 aliphatic carbocycles. The standard InChI is InChI=1S/C21H30N4O2/c1-24(2)21-22-17-14-19(27-15-9-5-6-10-15)18(26-3)13-16(17)20(23-21)25-11-7-4-8-12-25/h13-15H,4-12H2,1-3H3. The topological polar surface area (TPSA) is 50.7 Å². The van der Waals surface area contributed by atoms with Crippen LogP contribution in [-0.4, -0.2) is 50.4 Å². The second kappa shape index (κ2) is 7.79. The number of methoxy groups -OCH3 is 1. The van der Waals surface area contributed by atoms with Crippen LogP contribution >= 0.6 is 0 Å². The van der Waals surface area contributed by atoms with Crippen LogP contribution in [0.3, 0.4) is 0 Å². The number of hydrogen-bond acceptors (Lipinski definition) is 6. The number of hydrogen-bond donors (Lipinski definition) is 0. The lowest BCUT2D eigenvalue weighted by Gasteiger charge is -2.29. The highest BCUT2D eigenvalue weighted by atomic mass is 16.5. The van der Waals surface area contributed by atoms with E-state index in [9.17, 15) is 0 Å². The molecule has 0 atom stereocenters. The third-order valence-electron chi connectivity index (χ3n) is 5.60. The highest BCUT2D eigenvalue weighted by molar-refractivity contribution is 5.93. The smallest absolute Gasteiger partial charge is 0.227 e. The molecule has 27 heavy (non-hydrogen) atoms. The average Bonchev–Trinajstić information content (AvgIpc) is 3.20. The van der Waals surface area contributed by atoms with Gasteiger partial charge < -0.3 is 19.3 Å². The first-order valence-corrected chi connectivity index (χ1v) is 10.1. The first-order valence-electron chi connectivity index (χ1n) is 10.1. The number of anilines is 2. The maximum Gasteiger partial charge on any atom is 0.227 e. The van der Waals surface area contributed by atoms with Crippen molar-refractivity contribution < 1.29 is 9.47 Å². The Morgan fingerprint density at radius 1 is 0.963 bits per heavy atom. The molecule has 1 saturated carbocycles. The maximum absolute atomic E-state index is 6.28. The van der Waals surface area contributed by atoms with Gasteiger partial charge in [-0.2, -0.15) is 4.98 Å². The molecule has 4 rings (SSSR count). The summed E-state index contributed by atoms with van der Waals surface area (Å²) < 4.78 is 12.0. The molecule has 6 heteroatoms. The van der Waals surface area contributed by atoms with Gasteiger partial charge >= 0.3 is 0 Å². The maximum atomic E-state index is 6.28. The molecule has 0 unspecified atom stereocenters. The van der Waals surface area contributed by atoms with Crippen molar-refractivity contribution in [2.75, 3.05) is 44.1 Å². The zero-order chi connectivity index (χ0) is 18.8. The van der Waals surface area contributed by atoms with Gasteiger partial charge in [-0.1, -0.05) is 0 Å². The third kappa shape index (κ3) is 3.75. The van der Waals surface area contributed by atoms with Gasteiger partial charge in [-0.25, -0.2) is 4.98 Å². The lowest BCUT2D eigenvalue weighted by atomic mass is 10.1. The Hall–Kier alpha value is -2.24. The summed E-state index contributed by atoms with van der Waals surface area (Å²) in [6.45, 7) is 2.09. The van der Waals surface area contributed by atoms with Crippen LogP contribution in [0.25, 0.3) is 10.9 Å². The van der Waals surface area contributed by atoms with E-state index in [-0.39, 0.29) is 6.10 Å². The van der Waals surface area contributed by atoms with Gasteiger partial charge in [0.1, 0.15) is 5.82 Å². The number of ether oxygens (including phenoxy) is 2. The third-order valence-corrected chi connectivity index (χ3v) is 5.60. The van der Waals surface area contributed by atoms with Crippen molar-refractivity contribution in [1.82, 2.24) is 9.97 Å². The Morgan fingerprint density at radius 2 is 1.70 bits per heavy atom. The summed E-state index contributed by atoms with van der Waals surface area (Å²) in [5.41, 5.74) is 0.920. The second-order valence-corrected chi connectivity index (χ2v) is 7.83. The van der Waals surface area contributed by atoms with Crippen molar-refractivity contribution in [3.63, 3.8) is 0 Å². The molecule has 1 aromatic heterocycles. The van der Waals surface area contributed by atoms with E-state index in [0.29, 0.717) is 0 Å². The number of piperidine rings is 1. The molecule has 2 heterocycles. The molecule has 0 amide bonds. The van der Waals surface area contributed by atoms with Crippen LogP contribution in [0.1, 0.15) is 44.9 Å². The minimum absolute atomic E-state index is 0.285. The first-order chi connectivity index (χ1) is 13.2. The molecule has 0 N–H and O–H groups in total. The van der Waals surface area contributed by atoms with Gasteiger partial charge in [0, 0.05) is 38.6 Å². The van der Waals surface area contributed by atoms with Crippen molar-refractivity contribution in [3.05, 3.63) is 12.1 Å². The molecule has 146 valence electrons. The van der Waals surface area contributed by atoms with E-state index in [2.05, 4.69) is 11.0 Å². The normalized spacial score (nSPS) is 18.1. The van der Waals surface area contributed by atoms with E-state index in [1.54, 1.807) is 7.11 Å². The first kappa shape index (κ1) is 18.1. The van der Waals surface area contributed by atoms with Gasteiger partial charge in [-0.05, 0) is 51.0 Å². The molecule has 2 aliphatic rings. The Balaban J connectivity index is 1.80. The van der Waals surface area contributed by atoms with Crippen molar-refractivity contribution in [2.45, 2.75) is 51.0 Å². The van der Waals surface area contributed by atoms with E-state index < -0.39 is 0 Å². The molecule has 6 nitrogen and oxygen atoms in total. The number of rotatable bonds is 5. The lowest BCUT2D eigenvalue weighted by Crippen LogP contribution is -2.31. The molecular weight excluding hydrogens is 340 g/mol. The van der Waals surface area contributed by atoms with Crippen molar-refractivity contribution in [1.29, 1.82) is 0 Å². The summed E-state index contributed by atoms with van der Waals surface area (Å²) >= 11 is 0. The van der Waals surface area contributed by atoms with Crippen molar-refractivity contribution in [3.8, 4) is 11.5 Å². The highest BCUT2D eigenvalue weighted by Gasteiger charge is 2.22. The average molecular weight is 370 g/mol. The second-order valence-electron chi connectivity index (χ2n) is 7.83. The van der Waals surface area contributed by atoms with Gasteiger partial charge in [0.05, 0.1) is 18.7 Å². The monoisotopic (exact) mass is 370 g/mol. The Morgan fingerprint density at radius 3 is 2.37 bits per heavy atom. The summed E-state index contributed by atoms with van der Waals surface area (Å²) in [4.78, 5) is 14.0. The minimum atomic E-state index is 0.285. The predicted octanol–water partition coefficient (Wildman–Crippen LogP) is 4.02. The van der Waals surface area contributed by atoms with Gasteiger partial charge in [-0.15, -0.1) is 0 Å². The molecule has 1 saturated heterocycles. The molecule has 0 spiro atoms. The van der Waals surface area contributed by atoms with Crippen LogP contribution in [-0.2, 0) is 0 Å². The zero-order valence-electron chi connectivity index (χ0n) is 16.7. The summed E-state index contributed by atoms with van der Waals surface area (Å²) in [5, 5.41) is 1.04. The van der Waals surface area contributed by atoms with Crippen molar-refractivity contribution in [2.24, 2.45) is 0 Å². The molecular formula is C21H30N4O2. The minimum Gasteiger partial charge on any atom is -0.493 e. The molecule has 2 fully saturated rings. The molecule has 0 bridgehead atoms. The quantitative estimate of drug-likeness (QED) is 0.792. The Labute approximate surface area is 161 Å². The van der Waals surface area contributed by atoms with Crippen LogP contribution in [0.15, 0.2) is 12.1 Å². The molecule has 0 radical (unpaired) electrons. The van der Waals surface area contributed by atoms with E-state index in [1.165, 1.54) is 32.1 Å². The van der Waals surface area contributed by atoms with Crippen LogP contribution in [0.4, 0.5) is 11.8 Å². The van der Waals surface area contributed by atoms with Crippen LogP contribution in [0.5, 0.6) is 11.5 Å². The van der Waals surface area contributed by atoms with E-state index in [0.717, 1.165) is 60.1 Å². The number of aromatic nitrogens is 2. The zero-order valence-corrected chi connectivity index (χ0v) is 16.7. The van der Waals surface area contributed by atoms with Gasteiger partial charge in [0.25, 0.3) is 0 Å². The molecule has 1 aliphatic heterocycles. The predicted molar refractivity (Wildman–Crippen MR) is 109 cm³/mol. The van der Waals surface area contributed by atoms with E-state index in [1.807, 2.05) is 25.1 Å². The number of benzene rings is 1. The summed E-state index contributed by atoms with van der Waals surface area (Å²) in [6, 6.07) is 4.09. The van der Waals surface area contributed by atoms with E-state index in [4.69, 9.17) is 19.4 Å². The summed E-state index contributed by atoms with van der Waals surface area (Å²) in [6.07, 6.45) is 8.72. The van der Waals surface area contributed by atoms with Gasteiger partial charge in [-0.3, -0.25) is 0 Å². The Kier molecular flexibility index (Phi) is 5.23. The van der Waals surface area contributed by atoms with Gasteiger partial charge in [0.15, 0.2) is 11.5 Å². The lowest BCUT2D eigenvalue weighted by molar-refractivity contribution is 0.201.